The maximum Gasteiger partial charge on any atom is 0.335 e. The molecule has 0 amide bonds. The first-order chi connectivity index (χ1) is 7.18. The number of rotatable bonds is 2. The van der Waals surface area contributed by atoms with Crippen LogP contribution in [0.5, 0.6) is 0 Å². The summed E-state index contributed by atoms with van der Waals surface area (Å²) in [5, 5.41) is 19.5. The van der Waals surface area contributed by atoms with Gasteiger partial charge < -0.3 is 5.11 Å². The molecule has 0 saturated heterocycles. The standard InChI is InChI=1S/C8H5BrN4O2/c9-6-2-1-5(8(14)15)3-7(6)13-4-10-11-12-13/h1-4H,(H,14,15). The second kappa shape index (κ2) is 3.77. The number of carboxylic acids is 1. The Morgan fingerprint density at radius 2 is 2.27 bits per heavy atom. The van der Waals surface area contributed by atoms with E-state index in [0.29, 0.717) is 5.69 Å². The quantitative estimate of drug-likeness (QED) is 0.883. The van der Waals surface area contributed by atoms with E-state index in [-0.39, 0.29) is 5.56 Å². The van der Waals surface area contributed by atoms with Gasteiger partial charge in [-0.2, -0.15) is 4.68 Å². The summed E-state index contributed by atoms with van der Waals surface area (Å²) in [4.78, 5) is 10.8. The highest BCUT2D eigenvalue weighted by Gasteiger charge is 2.09. The van der Waals surface area contributed by atoms with Gasteiger partial charge in [0.2, 0.25) is 0 Å². The smallest absolute Gasteiger partial charge is 0.335 e. The molecule has 0 saturated carbocycles. The molecule has 1 aromatic heterocycles. The summed E-state index contributed by atoms with van der Waals surface area (Å²) in [6.07, 6.45) is 1.39. The minimum Gasteiger partial charge on any atom is -0.478 e. The summed E-state index contributed by atoms with van der Waals surface area (Å²) >= 11 is 3.29. The third-order valence-corrected chi connectivity index (χ3v) is 2.46. The Morgan fingerprint density at radius 1 is 1.47 bits per heavy atom. The predicted molar refractivity (Wildman–Crippen MR) is 53.8 cm³/mol. The van der Waals surface area contributed by atoms with Crippen LogP contribution < -0.4 is 0 Å². The number of carboxylic acid groups (broad SMARTS) is 1. The van der Waals surface area contributed by atoms with Gasteiger partial charge in [0.15, 0.2) is 0 Å². The third kappa shape index (κ3) is 1.86. The van der Waals surface area contributed by atoms with Crippen molar-refractivity contribution in [2.24, 2.45) is 0 Å². The lowest BCUT2D eigenvalue weighted by Gasteiger charge is -2.03. The van der Waals surface area contributed by atoms with Crippen LogP contribution in [-0.4, -0.2) is 31.3 Å². The Hall–Kier alpha value is -1.76. The third-order valence-electron chi connectivity index (χ3n) is 1.79. The molecule has 0 fully saturated rings. The summed E-state index contributed by atoms with van der Waals surface area (Å²) in [6.45, 7) is 0. The van der Waals surface area contributed by atoms with Gasteiger partial charge >= 0.3 is 5.97 Å². The molecule has 0 radical (unpaired) electrons. The first kappa shape index (κ1) is 9.78. The number of tetrazole rings is 1. The lowest BCUT2D eigenvalue weighted by atomic mass is 10.2. The van der Waals surface area contributed by atoms with Gasteiger partial charge in [0.05, 0.1) is 11.3 Å². The monoisotopic (exact) mass is 268 g/mol. The van der Waals surface area contributed by atoms with Crippen molar-refractivity contribution >= 4 is 21.9 Å². The molecule has 0 unspecified atom stereocenters. The highest BCUT2D eigenvalue weighted by atomic mass is 79.9. The summed E-state index contributed by atoms with van der Waals surface area (Å²) < 4.78 is 2.11. The summed E-state index contributed by atoms with van der Waals surface area (Å²) in [6, 6.07) is 4.63. The van der Waals surface area contributed by atoms with Crippen LogP contribution in [0.2, 0.25) is 0 Å². The molecule has 0 aliphatic rings. The fourth-order valence-corrected chi connectivity index (χ4v) is 1.52. The fourth-order valence-electron chi connectivity index (χ4n) is 1.09. The Bertz CT molecular complexity index is 497. The zero-order valence-electron chi connectivity index (χ0n) is 7.33. The Labute approximate surface area is 92.7 Å². The lowest BCUT2D eigenvalue weighted by Crippen LogP contribution is -2.01. The first-order valence-electron chi connectivity index (χ1n) is 3.94. The highest BCUT2D eigenvalue weighted by molar-refractivity contribution is 9.10. The maximum absolute atomic E-state index is 10.8. The minimum absolute atomic E-state index is 0.184. The number of aromatic carboxylic acids is 1. The van der Waals surface area contributed by atoms with Crippen molar-refractivity contribution in [1.29, 1.82) is 0 Å². The van der Waals surface area contributed by atoms with E-state index in [4.69, 9.17) is 5.11 Å². The van der Waals surface area contributed by atoms with E-state index in [9.17, 15) is 4.79 Å². The first-order valence-corrected chi connectivity index (χ1v) is 4.74. The summed E-state index contributed by atoms with van der Waals surface area (Å²) in [5.74, 6) is -0.989. The molecule has 0 bridgehead atoms. The summed E-state index contributed by atoms with van der Waals surface area (Å²) in [5.41, 5.74) is 0.767. The number of hydrogen-bond acceptors (Lipinski definition) is 4. The Balaban J connectivity index is 2.55. The van der Waals surface area contributed by atoms with E-state index in [1.807, 2.05) is 0 Å². The highest BCUT2D eigenvalue weighted by Crippen LogP contribution is 2.21. The number of nitrogens with zero attached hydrogens (tertiary/aromatic N) is 4. The number of hydrogen-bond donors (Lipinski definition) is 1. The van der Waals surface area contributed by atoms with Crippen molar-refractivity contribution in [3.8, 4) is 5.69 Å². The molecule has 7 heteroatoms. The van der Waals surface area contributed by atoms with E-state index in [1.165, 1.54) is 23.1 Å². The van der Waals surface area contributed by atoms with Crippen LogP contribution in [0.1, 0.15) is 10.4 Å². The molecule has 1 heterocycles. The van der Waals surface area contributed by atoms with Gasteiger partial charge in [0, 0.05) is 4.47 Å². The molecule has 1 N–H and O–H groups in total. The van der Waals surface area contributed by atoms with Crippen molar-refractivity contribution in [1.82, 2.24) is 20.2 Å². The molecular weight excluding hydrogens is 264 g/mol. The lowest BCUT2D eigenvalue weighted by molar-refractivity contribution is 0.0697. The van der Waals surface area contributed by atoms with Crippen LogP contribution in [0.15, 0.2) is 29.0 Å². The van der Waals surface area contributed by atoms with Gasteiger partial charge in [0.1, 0.15) is 6.33 Å². The average molecular weight is 269 g/mol. The van der Waals surface area contributed by atoms with Crippen LogP contribution in [0.25, 0.3) is 5.69 Å². The Morgan fingerprint density at radius 3 is 2.87 bits per heavy atom. The van der Waals surface area contributed by atoms with Crippen molar-refractivity contribution in [3.05, 3.63) is 34.6 Å². The largest absolute Gasteiger partial charge is 0.478 e. The van der Waals surface area contributed by atoms with Gasteiger partial charge in [-0.05, 0) is 44.6 Å². The molecule has 1 aromatic carbocycles. The molecular formula is C8H5BrN4O2. The normalized spacial score (nSPS) is 10.2. The SMILES string of the molecule is O=C(O)c1ccc(Br)c(-n2cnnn2)c1. The number of benzene rings is 1. The van der Waals surface area contributed by atoms with E-state index < -0.39 is 5.97 Å². The van der Waals surface area contributed by atoms with Gasteiger partial charge in [-0.1, -0.05) is 0 Å². The number of aromatic nitrogens is 4. The number of halogens is 1. The van der Waals surface area contributed by atoms with Crippen molar-refractivity contribution in [3.63, 3.8) is 0 Å². The van der Waals surface area contributed by atoms with Crippen LogP contribution in [0, 0.1) is 0 Å². The molecule has 76 valence electrons. The van der Waals surface area contributed by atoms with E-state index in [1.54, 1.807) is 6.07 Å². The predicted octanol–water partition coefficient (Wildman–Crippen LogP) is 1.12. The maximum atomic E-state index is 10.8. The van der Waals surface area contributed by atoms with Gasteiger partial charge in [-0.15, -0.1) is 5.10 Å². The fraction of sp³-hybridized carbons (Fsp3) is 0. The zero-order chi connectivity index (χ0) is 10.8. The molecule has 2 aromatic rings. The molecule has 0 aliphatic heterocycles. The van der Waals surface area contributed by atoms with Gasteiger partial charge in [-0.3, -0.25) is 0 Å². The van der Waals surface area contributed by atoms with Crippen LogP contribution in [0.3, 0.4) is 0 Å². The molecule has 6 nitrogen and oxygen atoms in total. The minimum atomic E-state index is -0.989. The van der Waals surface area contributed by atoms with Crippen LogP contribution in [0.4, 0.5) is 0 Å². The van der Waals surface area contributed by atoms with E-state index >= 15 is 0 Å². The van der Waals surface area contributed by atoms with Crippen molar-refractivity contribution < 1.29 is 9.90 Å². The second-order valence-electron chi connectivity index (χ2n) is 2.73. The van der Waals surface area contributed by atoms with Crippen LogP contribution >= 0.6 is 15.9 Å². The van der Waals surface area contributed by atoms with Crippen molar-refractivity contribution in [2.45, 2.75) is 0 Å². The molecule has 15 heavy (non-hydrogen) atoms. The summed E-state index contributed by atoms with van der Waals surface area (Å²) in [7, 11) is 0. The van der Waals surface area contributed by atoms with Crippen molar-refractivity contribution in [2.75, 3.05) is 0 Å². The zero-order valence-corrected chi connectivity index (χ0v) is 8.92. The second-order valence-corrected chi connectivity index (χ2v) is 3.58. The molecule has 0 aliphatic carbocycles. The Kier molecular flexibility index (Phi) is 2.46. The topological polar surface area (TPSA) is 80.9 Å². The molecule has 2 rings (SSSR count). The van der Waals surface area contributed by atoms with E-state index in [0.717, 1.165) is 4.47 Å². The average Bonchev–Trinajstić information content (AvgIpc) is 2.71. The van der Waals surface area contributed by atoms with Gasteiger partial charge in [-0.25, -0.2) is 4.79 Å². The number of carbonyl (C=O) groups is 1. The van der Waals surface area contributed by atoms with E-state index in [2.05, 4.69) is 31.5 Å². The molecule has 0 atom stereocenters. The van der Waals surface area contributed by atoms with Gasteiger partial charge in [0.25, 0.3) is 0 Å². The van der Waals surface area contributed by atoms with Crippen LogP contribution in [-0.2, 0) is 0 Å². The molecule has 0 spiro atoms.